The van der Waals surface area contributed by atoms with Crippen LogP contribution in [0.4, 0.5) is 0 Å². The Bertz CT molecular complexity index is 1230. The third-order valence-corrected chi connectivity index (χ3v) is 12.8. The van der Waals surface area contributed by atoms with E-state index in [1.807, 2.05) is 0 Å². The van der Waals surface area contributed by atoms with Crippen LogP contribution in [0.25, 0.3) is 0 Å². The van der Waals surface area contributed by atoms with E-state index in [-0.39, 0.29) is 31.1 Å². The van der Waals surface area contributed by atoms with Gasteiger partial charge in [0.25, 0.3) is 0 Å². The molecule has 0 saturated carbocycles. The highest BCUT2D eigenvalue weighted by molar-refractivity contribution is 5.71. The summed E-state index contributed by atoms with van der Waals surface area (Å²) < 4.78 is 16.8. The second-order valence-corrected chi connectivity index (χ2v) is 19.5. The maximum atomic E-state index is 12.8. The zero-order valence-electron chi connectivity index (χ0n) is 45.1. The molecule has 0 rings (SSSR count). The zero-order valence-corrected chi connectivity index (χ0v) is 45.1. The number of hydrogen-bond donors (Lipinski definition) is 0. The standard InChI is InChI=1S/C62H110O6/c1-4-7-10-13-16-19-21-23-24-25-26-27-28-29-30-31-32-33-34-35-36-37-38-40-41-43-46-49-52-55-61(64)67-58-59(57-66-60(63)54-51-48-45-18-15-12-9-6-3)68-62(65)56-53-50-47-44-42-39-22-20-17-14-11-8-5-2/h7,10,16,19-20,22-24,26-27,59H,4-6,8-9,11-15,17-18,21,25,28-58H2,1-3H3/b10-7-,19-16-,22-20-,24-23-,27-26-. The smallest absolute Gasteiger partial charge is 0.306 e. The van der Waals surface area contributed by atoms with Crippen molar-refractivity contribution in [3.05, 3.63) is 60.8 Å². The molecule has 0 amide bonds. The zero-order chi connectivity index (χ0) is 49.3. The van der Waals surface area contributed by atoms with Crippen LogP contribution in [0.5, 0.6) is 0 Å². The summed E-state index contributed by atoms with van der Waals surface area (Å²) in [4.78, 5) is 37.9. The van der Waals surface area contributed by atoms with Gasteiger partial charge >= 0.3 is 17.9 Å². The van der Waals surface area contributed by atoms with E-state index in [0.717, 1.165) is 89.9 Å². The van der Waals surface area contributed by atoms with Crippen molar-refractivity contribution in [2.75, 3.05) is 13.2 Å². The van der Waals surface area contributed by atoms with E-state index in [1.165, 1.54) is 167 Å². The number of ether oxygens (including phenoxy) is 3. The molecule has 0 N–H and O–H groups in total. The fourth-order valence-electron chi connectivity index (χ4n) is 8.37. The molecule has 0 heterocycles. The molecule has 1 unspecified atom stereocenters. The summed E-state index contributed by atoms with van der Waals surface area (Å²) in [5.74, 6) is -0.876. The number of rotatable bonds is 53. The van der Waals surface area contributed by atoms with E-state index >= 15 is 0 Å². The van der Waals surface area contributed by atoms with Crippen LogP contribution >= 0.6 is 0 Å². The molecule has 0 aromatic carbocycles. The number of unbranched alkanes of at least 4 members (excludes halogenated alkanes) is 32. The monoisotopic (exact) mass is 951 g/mol. The highest BCUT2D eigenvalue weighted by Gasteiger charge is 2.19. The number of hydrogen-bond acceptors (Lipinski definition) is 6. The Balaban J connectivity index is 4.07. The van der Waals surface area contributed by atoms with Crippen molar-refractivity contribution < 1.29 is 28.6 Å². The Hall–Kier alpha value is -2.89. The molecule has 6 heteroatoms. The summed E-state index contributed by atoms with van der Waals surface area (Å²) in [6, 6.07) is 0. The van der Waals surface area contributed by atoms with E-state index in [2.05, 4.69) is 81.5 Å². The normalized spacial score (nSPS) is 12.5. The molecule has 0 aromatic heterocycles. The van der Waals surface area contributed by atoms with Crippen molar-refractivity contribution in [2.24, 2.45) is 0 Å². The fraction of sp³-hybridized carbons (Fsp3) is 0.790. The summed E-state index contributed by atoms with van der Waals surface area (Å²) in [5.41, 5.74) is 0. The number of allylic oxidation sites excluding steroid dienone is 10. The number of carbonyl (C=O) groups is 3. The van der Waals surface area contributed by atoms with Crippen molar-refractivity contribution in [3.63, 3.8) is 0 Å². The van der Waals surface area contributed by atoms with Crippen LogP contribution in [-0.4, -0.2) is 37.2 Å². The Morgan fingerprint density at radius 1 is 0.309 bits per heavy atom. The number of esters is 3. The molecule has 0 aromatic rings. The predicted octanol–water partition coefficient (Wildman–Crippen LogP) is 19.6. The van der Waals surface area contributed by atoms with Gasteiger partial charge in [0.1, 0.15) is 13.2 Å². The minimum atomic E-state index is -0.773. The van der Waals surface area contributed by atoms with Crippen LogP contribution in [0, 0.1) is 0 Å². The molecule has 0 aliphatic heterocycles. The average Bonchev–Trinajstić information content (AvgIpc) is 3.34. The Morgan fingerprint density at radius 2 is 0.574 bits per heavy atom. The summed E-state index contributed by atoms with van der Waals surface area (Å²) in [7, 11) is 0. The molecule has 1 atom stereocenters. The molecule has 394 valence electrons. The second-order valence-electron chi connectivity index (χ2n) is 19.5. The predicted molar refractivity (Wildman–Crippen MR) is 293 cm³/mol. The topological polar surface area (TPSA) is 78.9 Å². The van der Waals surface area contributed by atoms with Gasteiger partial charge in [-0.25, -0.2) is 0 Å². The van der Waals surface area contributed by atoms with Crippen molar-refractivity contribution in [3.8, 4) is 0 Å². The average molecular weight is 952 g/mol. The van der Waals surface area contributed by atoms with Crippen LogP contribution in [0.3, 0.4) is 0 Å². The molecule has 0 saturated heterocycles. The van der Waals surface area contributed by atoms with Crippen LogP contribution < -0.4 is 0 Å². The van der Waals surface area contributed by atoms with Gasteiger partial charge < -0.3 is 14.2 Å². The van der Waals surface area contributed by atoms with E-state index < -0.39 is 6.10 Å². The first kappa shape index (κ1) is 65.1. The van der Waals surface area contributed by atoms with Crippen LogP contribution in [0.15, 0.2) is 60.8 Å². The van der Waals surface area contributed by atoms with E-state index in [0.29, 0.717) is 19.3 Å². The summed E-state index contributed by atoms with van der Waals surface area (Å²) in [6.07, 6.45) is 71.0. The SMILES string of the molecule is CC/C=C\C/C=C\C/C=C\C/C=C\CCCCCCCCCCCCCCCCCCC(=O)OCC(COC(=O)CCCCCCCCCC)OC(=O)CCCCCCC/C=C\CCCCCC. The first-order chi connectivity index (χ1) is 33.5. The van der Waals surface area contributed by atoms with Gasteiger partial charge in [-0.1, -0.05) is 255 Å². The summed E-state index contributed by atoms with van der Waals surface area (Å²) >= 11 is 0. The van der Waals surface area contributed by atoms with Gasteiger partial charge in [0.15, 0.2) is 6.10 Å². The third kappa shape index (κ3) is 54.1. The van der Waals surface area contributed by atoms with Gasteiger partial charge in [-0.2, -0.15) is 0 Å². The van der Waals surface area contributed by atoms with Gasteiger partial charge in [0.05, 0.1) is 0 Å². The van der Waals surface area contributed by atoms with Gasteiger partial charge in [-0.15, -0.1) is 0 Å². The lowest BCUT2D eigenvalue weighted by Crippen LogP contribution is -2.30. The van der Waals surface area contributed by atoms with Gasteiger partial charge in [0, 0.05) is 19.3 Å². The Morgan fingerprint density at radius 3 is 0.926 bits per heavy atom. The van der Waals surface area contributed by atoms with E-state index in [1.54, 1.807) is 0 Å². The Labute approximate surface area is 421 Å². The molecule has 0 aliphatic rings. The van der Waals surface area contributed by atoms with Gasteiger partial charge in [-0.3, -0.25) is 14.4 Å². The molecular formula is C62H110O6. The molecule has 0 bridgehead atoms. The highest BCUT2D eigenvalue weighted by atomic mass is 16.6. The van der Waals surface area contributed by atoms with E-state index in [9.17, 15) is 14.4 Å². The molecule has 68 heavy (non-hydrogen) atoms. The van der Waals surface area contributed by atoms with Crippen LogP contribution in [-0.2, 0) is 28.6 Å². The van der Waals surface area contributed by atoms with Crippen molar-refractivity contribution >= 4 is 17.9 Å². The molecule has 0 spiro atoms. The van der Waals surface area contributed by atoms with Crippen molar-refractivity contribution in [2.45, 2.75) is 303 Å². The van der Waals surface area contributed by atoms with E-state index in [4.69, 9.17) is 14.2 Å². The third-order valence-electron chi connectivity index (χ3n) is 12.8. The molecule has 6 nitrogen and oxygen atoms in total. The lowest BCUT2D eigenvalue weighted by molar-refractivity contribution is -0.167. The lowest BCUT2D eigenvalue weighted by atomic mass is 10.0. The van der Waals surface area contributed by atoms with Crippen LogP contribution in [0.1, 0.15) is 297 Å². The molecule has 0 radical (unpaired) electrons. The first-order valence-electron chi connectivity index (χ1n) is 29.3. The maximum absolute atomic E-state index is 12.8. The van der Waals surface area contributed by atoms with Gasteiger partial charge in [-0.05, 0) is 83.5 Å². The maximum Gasteiger partial charge on any atom is 0.306 e. The van der Waals surface area contributed by atoms with Gasteiger partial charge in [0.2, 0.25) is 0 Å². The minimum absolute atomic E-state index is 0.0738. The summed E-state index contributed by atoms with van der Waals surface area (Å²) in [5, 5.41) is 0. The Kier molecular flexibility index (Phi) is 54.3. The quantitative estimate of drug-likeness (QED) is 0.0262. The van der Waals surface area contributed by atoms with Crippen molar-refractivity contribution in [1.29, 1.82) is 0 Å². The highest BCUT2D eigenvalue weighted by Crippen LogP contribution is 2.16. The lowest BCUT2D eigenvalue weighted by Gasteiger charge is -2.18. The van der Waals surface area contributed by atoms with Crippen LogP contribution in [0.2, 0.25) is 0 Å². The number of carbonyl (C=O) groups excluding carboxylic acids is 3. The molecule has 0 aliphatic carbocycles. The molecule has 0 fully saturated rings. The van der Waals surface area contributed by atoms with Crippen molar-refractivity contribution in [1.82, 2.24) is 0 Å². The first-order valence-corrected chi connectivity index (χ1v) is 29.3. The largest absolute Gasteiger partial charge is 0.462 e. The fourth-order valence-corrected chi connectivity index (χ4v) is 8.37. The minimum Gasteiger partial charge on any atom is -0.462 e. The molecular weight excluding hydrogens is 841 g/mol. The second kappa shape index (κ2) is 56.7. The summed E-state index contributed by atoms with van der Waals surface area (Å²) in [6.45, 7) is 6.50.